The molecule has 1 saturated heterocycles. The lowest BCUT2D eigenvalue weighted by Gasteiger charge is -2.36. The lowest BCUT2D eigenvalue weighted by Crippen LogP contribution is -2.61. The number of amides is 4. The summed E-state index contributed by atoms with van der Waals surface area (Å²) in [6, 6.07) is 3.46. The monoisotopic (exact) mass is 826 g/mol. The number of nitrogens with one attached hydrogen (secondary N) is 3. The first-order chi connectivity index (χ1) is 26.7. The number of hydrogen-bond acceptors (Lipinski definition) is 10. The number of ether oxygens (including phenoxy) is 2. The zero-order valence-electron chi connectivity index (χ0n) is 32.5. The van der Waals surface area contributed by atoms with E-state index in [2.05, 4.69) is 20.6 Å². The van der Waals surface area contributed by atoms with Crippen LogP contribution in [0.4, 0.5) is 22.4 Å². The van der Waals surface area contributed by atoms with Gasteiger partial charge in [-0.15, -0.1) is 0 Å². The Balaban J connectivity index is 1.43. The maximum atomic E-state index is 16.2. The van der Waals surface area contributed by atoms with E-state index >= 15 is 8.78 Å². The van der Waals surface area contributed by atoms with Gasteiger partial charge in [-0.2, -0.15) is 8.78 Å². The van der Waals surface area contributed by atoms with Gasteiger partial charge in [0.2, 0.25) is 34.1 Å². The molecule has 19 heteroatoms. The van der Waals surface area contributed by atoms with Crippen molar-refractivity contribution in [1.82, 2.24) is 30.2 Å². The Kier molecular flexibility index (Phi) is 11.7. The SMILES string of the molecule is CC[C@@H]1[C@@H]2CN(C(=O)[C@H](C(C)(C)C)NC(=O)OC(C)CCCCCC(F)(F)c3nc4ccccc4nc3O2)[C@@H]1C(=O)N[C@]1(C(=O)NS(=O)(=O)C2CC2)C[C@H]1C(F)F. The van der Waals surface area contributed by atoms with Crippen LogP contribution in [-0.4, -0.2) is 95.2 Å². The highest BCUT2D eigenvalue weighted by atomic mass is 32.2. The number of halogens is 4. The summed E-state index contributed by atoms with van der Waals surface area (Å²) < 4.78 is 99.9. The molecule has 1 aromatic carbocycles. The second-order valence-corrected chi connectivity index (χ2v) is 18.7. The Labute approximate surface area is 328 Å². The third-order valence-electron chi connectivity index (χ3n) is 11.3. The van der Waals surface area contributed by atoms with Gasteiger partial charge in [-0.05, 0) is 69.4 Å². The van der Waals surface area contributed by atoms with Crippen LogP contribution in [0.25, 0.3) is 11.0 Å². The van der Waals surface area contributed by atoms with E-state index in [0.29, 0.717) is 19.3 Å². The number of hydrogen-bond donors (Lipinski definition) is 3. The molecule has 1 unspecified atom stereocenters. The van der Waals surface area contributed by atoms with Crippen LogP contribution in [-0.2, 0) is 35.1 Å². The number of para-hydroxylation sites is 2. The standard InChI is InChI=1S/C38H50F4N6O8S/c1-6-22-26-19-48(27(22)31(49)46-37(18-23(37)30(39)40)34(51)47-57(53,54)21-15-16-21)33(50)29(36(3,4)5)45-35(52)55-20(2)12-8-7-11-17-38(41,42)28-32(56-26)44-25-14-10-9-13-24(25)43-28/h9-10,13-14,20-23,26-27,29-30H,6-8,11-12,15-19H2,1-5H3,(H,45,52)(H,46,49)(H,47,51)/t20?,22-,23+,26+,27+,29-,37-/m1/s1. The number of sulfonamides is 1. The van der Waals surface area contributed by atoms with E-state index in [1.165, 1.54) is 6.07 Å². The molecular weight excluding hydrogens is 777 g/mol. The minimum atomic E-state index is -4.21. The van der Waals surface area contributed by atoms with Crippen molar-refractivity contribution in [3.63, 3.8) is 0 Å². The highest BCUT2D eigenvalue weighted by molar-refractivity contribution is 7.91. The average molecular weight is 827 g/mol. The summed E-state index contributed by atoms with van der Waals surface area (Å²) in [6.45, 7) is 7.86. The first kappa shape index (κ1) is 42.3. The molecule has 57 heavy (non-hydrogen) atoms. The average Bonchev–Trinajstić information content (AvgIpc) is 4.06. The van der Waals surface area contributed by atoms with Gasteiger partial charge in [-0.25, -0.2) is 32.0 Å². The molecule has 3 fully saturated rings. The number of fused-ring (bicyclic) bond motifs is 4. The van der Waals surface area contributed by atoms with Crippen LogP contribution in [0.2, 0.25) is 0 Å². The van der Waals surface area contributed by atoms with Gasteiger partial charge < -0.3 is 25.0 Å². The van der Waals surface area contributed by atoms with Crippen molar-refractivity contribution >= 4 is 44.9 Å². The molecule has 0 radical (unpaired) electrons. The number of nitrogens with zero attached hydrogens (tertiary/aromatic N) is 3. The predicted octanol–water partition coefficient (Wildman–Crippen LogP) is 4.95. The second kappa shape index (κ2) is 15.8. The van der Waals surface area contributed by atoms with Crippen molar-refractivity contribution in [2.75, 3.05) is 6.54 Å². The van der Waals surface area contributed by atoms with Gasteiger partial charge in [0.15, 0.2) is 5.69 Å². The minimum absolute atomic E-state index is 0.0694. The normalized spacial score (nSPS) is 30.0. The minimum Gasteiger partial charge on any atom is -0.471 e. The molecule has 2 aromatic rings. The summed E-state index contributed by atoms with van der Waals surface area (Å²) in [4.78, 5) is 65.8. The fourth-order valence-electron chi connectivity index (χ4n) is 7.81. The molecule has 3 heterocycles. The number of rotatable bonds is 7. The van der Waals surface area contributed by atoms with E-state index in [-0.39, 0.29) is 36.7 Å². The van der Waals surface area contributed by atoms with Crippen LogP contribution in [0, 0.1) is 17.3 Å². The Hall–Kier alpha value is -4.29. The van der Waals surface area contributed by atoms with Crippen molar-refractivity contribution in [2.45, 2.75) is 140 Å². The Morgan fingerprint density at radius 2 is 1.70 bits per heavy atom. The number of carbonyl (C=O) groups is 4. The number of cyclic esters (lactones) is 1. The molecule has 314 valence electrons. The van der Waals surface area contributed by atoms with Gasteiger partial charge in [0.25, 0.3) is 11.8 Å². The quantitative estimate of drug-likeness (QED) is 0.323. The van der Waals surface area contributed by atoms with E-state index in [4.69, 9.17) is 9.47 Å². The molecule has 0 spiro atoms. The fourth-order valence-corrected chi connectivity index (χ4v) is 9.17. The topological polar surface area (TPSA) is 186 Å². The smallest absolute Gasteiger partial charge is 0.408 e. The number of benzene rings is 1. The molecule has 2 aliphatic heterocycles. The molecule has 14 nitrogen and oxygen atoms in total. The number of alkyl carbamates (subject to hydrolysis) is 1. The van der Waals surface area contributed by atoms with E-state index in [0.717, 1.165) is 4.90 Å². The molecule has 6 rings (SSSR count). The van der Waals surface area contributed by atoms with Gasteiger partial charge >= 0.3 is 6.09 Å². The van der Waals surface area contributed by atoms with E-state index in [1.54, 1.807) is 52.8 Å². The summed E-state index contributed by atoms with van der Waals surface area (Å²) in [5.74, 6) is -10.0. The van der Waals surface area contributed by atoms with E-state index < -0.39 is 129 Å². The van der Waals surface area contributed by atoms with Crippen LogP contribution in [0.5, 0.6) is 5.88 Å². The van der Waals surface area contributed by atoms with Crippen molar-refractivity contribution in [3.8, 4) is 5.88 Å². The van der Waals surface area contributed by atoms with Gasteiger partial charge in [0.1, 0.15) is 29.8 Å². The number of aromatic nitrogens is 2. The van der Waals surface area contributed by atoms with Crippen LogP contribution >= 0.6 is 0 Å². The van der Waals surface area contributed by atoms with Crippen LogP contribution in [0.3, 0.4) is 0 Å². The van der Waals surface area contributed by atoms with Gasteiger partial charge in [0, 0.05) is 12.3 Å². The zero-order valence-corrected chi connectivity index (χ0v) is 33.3. The third-order valence-corrected chi connectivity index (χ3v) is 13.1. The molecule has 2 saturated carbocycles. The molecule has 2 bridgehead atoms. The first-order valence-corrected chi connectivity index (χ1v) is 21.0. The summed E-state index contributed by atoms with van der Waals surface area (Å²) in [5, 5.41) is 4.15. The van der Waals surface area contributed by atoms with Crippen molar-refractivity contribution in [1.29, 1.82) is 0 Å². The third kappa shape index (κ3) is 8.92. The molecule has 3 N–H and O–H groups in total. The molecule has 1 aromatic heterocycles. The van der Waals surface area contributed by atoms with Gasteiger partial charge in [0.05, 0.1) is 28.7 Å². The molecule has 4 aliphatic rings. The zero-order chi connectivity index (χ0) is 41.7. The lowest BCUT2D eigenvalue weighted by atomic mass is 9.85. The van der Waals surface area contributed by atoms with Crippen molar-refractivity contribution in [2.24, 2.45) is 17.3 Å². The van der Waals surface area contributed by atoms with Crippen LogP contribution in [0.1, 0.15) is 98.1 Å². The first-order valence-electron chi connectivity index (χ1n) is 19.4. The molecule has 4 amide bonds. The molecular formula is C38H50F4N6O8S. The molecule has 7 atom stereocenters. The predicted molar refractivity (Wildman–Crippen MR) is 198 cm³/mol. The number of carbonyl (C=O) groups excluding carboxylic acids is 4. The number of alkyl halides is 4. The highest BCUT2D eigenvalue weighted by Crippen LogP contribution is 2.49. The molecule has 2 aliphatic carbocycles. The van der Waals surface area contributed by atoms with E-state index in [1.807, 2.05) is 4.72 Å². The largest absolute Gasteiger partial charge is 0.471 e. The second-order valence-electron chi connectivity index (χ2n) is 16.8. The van der Waals surface area contributed by atoms with Crippen molar-refractivity contribution < 1.29 is 54.6 Å². The maximum Gasteiger partial charge on any atom is 0.408 e. The fraction of sp³-hybridized carbons (Fsp3) is 0.684. The van der Waals surface area contributed by atoms with Gasteiger partial charge in [-0.1, -0.05) is 46.2 Å². The Bertz CT molecular complexity index is 2000. The summed E-state index contributed by atoms with van der Waals surface area (Å²) in [5.41, 5.74) is -3.63. The maximum absolute atomic E-state index is 16.2. The van der Waals surface area contributed by atoms with Crippen LogP contribution < -0.4 is 20.1 Å². The summed E-state index contributed by atoms with van der Waals surface area (Å²) >= 11 is 0. The van der Waals surface area contributed by atoms with E-state index in [9.17, 15) is 36.4 Å². The lowest BCUT2D eigenvalue weighted by molar-refractivity contribution is -0.144. The Morgan fingerprint density at radius 1 is 1.04 bits per heavy atom. The summed E-state index contributed by atoms with van der Waals surface area (Å²) in [6.07, 6.45) is -5.17. The van der Waals surface area contributed by atoms with Gasteiger partial charge in [-0.3, -0.25) is 19.1 Å². The summed E-state index contributed by atoms with van der Waals surface area (Å²) in [7, 11) is -4.21. The Morgan fingerprint density at radius 3 is 2.30 bits per heavy atom. The van der Waals surface area contributed by atoms with Crippen molar-refractivity contribution in [3.05, 3.63) is 30.0 Å². The highest BCUT2D eigenvalue weighted by Gasteiger charge is 2.67. The van der Waals surface area contributed by atoms with Crippen LogP contribution in [0.15, 0.2) is 24.3 Å².